The summed E-state index contributed by atoms with van der Waals surface area (Å²) in [4.78, 5) is 21.9. The van der Waals surface area contributed by atoms with Gasteiger partial charge in [0.25, 0.3) is 0 Å². The number of nitrogen functional groups attached to an aromatic ring is 1. The number of methoxy groups -OCH3 is 1. The van der Waals surface area contributed by atoms with E-state index < -0.39 is 41.0 Å². The monoisotopic (exact) mass is 736 g/mol. The van der Waals surface area contributed by atoms with Crippen LogP contribution in [0.25, 0.3) is 0 Å². The number of ether oxygens (including phenoxy) is 2. The van der Waals surface area contributed by atoms with Crippen LogP contribution in [0.2, 0.25) is 0 Å². The highest BCUT2D eigenvalue weighted by Crippen LogP contribution is 2.38. The second kappa shape index (κ2) is 16.2. The van der Waals surface area contributed by atoms with Crippen LogP contribution >= 0.6 is 0 Å². The molecule has 3 rings (SSSR count). The number of anilines is 1. The van der Waals surface area contributed by atoms with Crippen molar-refractivity contribution in [2.75, 3.05) is 25.9 Å². The van der Waals surface area contributed by atoms with Gasteiger partial charge in [-0.3, -0.25) is 9.69 Å². The van der Waals surface area contributed by atoms with Crippen molar-refractivity contribution >= 4 is 22.0 Å². The second-order valence-electron chi connectivity index (χ2n) is 14.7. The van der Waals surface area contributed by atoms with Crippen molar-refractivity contribution < 1.29 is 40.0 Å². The Morgan fingerprint density at radius 2 is 1.53 bits per heavy atom. The number of rotatable bonds is 14. The molecule has 282 valence electrons. The predicted octanol–water partition coefficient (Wildman–Crippen LogP) is 7.81. The molecular formula is C37H51F3N4O6S. The fourth-order valence-corrected chi connectivity index (χ4v) is 7.24. The Labute approximate surface area is 300 Å². The minimum atomic E-state index is -4.56. The average molecular weight is 737 g/mol. The summed E-state index contributed by atoms with van der Waals surface area (Å²) in [5.74, 6) is -0.981. The van der Waals surface area contributed by atoms with E-state index >= 15 is 0 Å². The molecule has 0 spiro atoms. The standard InChI is InChI=1S/C37H51F3N4O6S/c1-21(2)27-16-28(22(3)4)33(29(17-27)23(5)6)51(46,47)50-34-30(24(7)42-35(41)43-34)15-26-13-12-25(14-31(26)48-11)18-44(20-37(38,39)40)19-32(45)49-36(8,9)10/h12-14,16-17,21-23H,15,18-20H2,1-11H3,(H2,41,42,43). The van der Waals surface area contributed by atoms with Gasteiger partial charge < -0.3 is 19.4 Å². The van der Waals surface area contributed by atoms with Crippen LogP contribution in [-0.2, 0) is 32.6 Å². The van der Waals surface area contributed by atoms with Crippen molar-refractivity contribution in [3.05, 3.63) is 69.4 Å². The van der Waals surface area contributed by atoms with E-state index in [0.717, 1.165) is 10.5 Å². The van der Waals surface area contributed by atoms with Crippen LogP contribution in [-0.4, -0.2) is 61.2 Å². The molecule has 0 saturated heterocycles. The smallest absolute Gasteiger partial charge is 0.401 e. The molecule has 1 aromatic heterocycles. The van der Waals surface area contributed by atoms with Crippen LogP contribution in [0, 0.1) is 6.92 Å². The van der Waals surface area contributed by atoms with Gasteiger partial charge in [0.15, 0.2) is 0 Å². The predicted molar refractivity (Wildman–Crippen MR) is 191 cm³/mol. The Morgan fingerprint density at radius 1 is 0.941 bits per heavy atom. The molecule has 1 heterocycles. The summed E-state index contributed by atoms with van der Waals surface area (Å²) in [5, 5.41) is 0. The molecule has 0 bridgehead atoms. The lowest BCUT2D eigenvalue weighted by atomic mass is 9.89. The first-order valence-corrected chi connectivity index (χ1v) is 18.2. The average Bonchev–Trinajstić information content (AvgIpc) is 2.96. The van der Waals surface area contributed by atoms with Gasteiger partial charge in [0, 0.05) is 18.5 Å². The maximum atomic E-state index is 14.2. The molecule has 14 heteroatoms. The van der Waals surface area contributed by atoms with Crippen LogP contribution in [0.5, 0.6) is 11.6 Å². The molecule has 3 aromatic rings. The van der Waals surface area contributed by atoms with Crippen molar-refractivity contribution in [2.24, 2.45) is 0 Å². The first-order chi connectivity index (χ1) is 23.4. The molecule has 0 amide bonds. The lowest BCUT2D eigenvalue weighted by molar-refractivity contribution is -0.164. The molecule has 2 N–H and O–H groups in total. The van der Waals surface area contributed by atoms with Crippen molar-refractivity contribution in [2.45, 2.75) is 117 Å². The van der Waals surface area contributed by atoms with Gasteiger partial charge in [-0.05, 0) is 79.3 Å². The molecule has 0 aliphatic heterocycles. The minimum Gasteiger partial charge on any atom is -0.496 e. The van der Waals surface area contributed by atoms with Crippen LogP contribution in [0.4, 0.5) is 19.1 Å². The Bertz CT molecular complexity index is 1790. The van der Waals surface area contributed by atoms with Crippen molar-refractivity contribution in [3.63, 3.8) is 0 Å². The molecule has 0 atom stereocenters. The third kappa shape index (κ3) is 11.5. The van der Waals surface area contributed by atoms with Crippen LogP contribution in [0.3, 0.4) is 0 Å². The molecule has 0 radical (unpaired) electrons. The zero-order valence-electron chi connectivity index (χ0n) is 31.4. The van der Waals surface area contributed by atoms with Gasteiger partial charge >= 0.3 is 22.3 Å². The maximum Gasteiger partial charge on any atom is 0.401 e. The van der Waals surface area contributed by atoms with E-state index in [-0.39, 0.29) is 47.4 Å². The number of nitrogens with zero attached hydrogens (tertiary/aromatic N) is 3. The highest BCUT2D eigenvalue weighted by molar-refractivity contribution is 7.87. The van der Waals surface area contributed by atoms with Gasteiger partial charge in [-0.1, -0.05) is 65.8 Å². The number of nitrogens with two attached hydrogens (primary N) is 1. The summed E-state index contributed by atoms with van der Waals surface area (Å²) < 4.78 is 85.5. The molecule has 0 fully saturated rings. The number of carbonyl (C=O) groups excluding carboxylic acids is 1. The van der Waals surface area contributed by atoms with Crippen LogP contribution in [0.15, 0.2) is 35.2 Å². The van der Waals surface area contributed by atoms with Crippen LogP contribution < -0.4 is 14.7 Å². The van der Waals surface area contributed by atoms with E-state index in [2.05, 4.69) is 23.8 Å². The van der Waals surface area contributed by atoms with Gasteiger partial charge in [-0.25, -0.2) is 4.98 Å². The highest BCUT2D eigenvalue weighted by Gasteiger charge is 2.33. The first kappa shape index (κ1) is 41.5. The summed E-state index contributed by atoms with van der Waals surface area (Å²) in [5.41, 5.74) is 9.12. The number of carbonyl (C=O) groups is 1. The topological polar surface area (TPSA) is 134 Å². The second-order valence-corrected chi connectivity index (χ2v) is 16.1. The number of halogens is 3. The quantitative estimate of drug-likeness (QED) is 0.129. The summed E-state index contributed by atoms with van der Waals surface area (Å²) in [7, 11) is -3.03. The highest BCUT2D eigenvalue weighted by atomic mass is 32.2. The Balaban J connectivity index is 2.04. The summed E-state index contributed by atoms with van der Waals surface area (Å²) in [6, 6.07) is 8.65. The number of aryl methyl sites for hydroxylation is 1. The third-order valence-electron chi connectivity index (χ3n) is 8.01. The summed E-state index contributed by atoms with van der Waals surface area (Å²) >= 11 is 0. The van der Waals surface area contributed by atoms with Crippen LogP contribution in [0.1, 0.15) is 119 Å². The molecule has 51 heavy (non-hydrogen) atoms. The number of alkyl halides is 3. The molecule has 10 nitrogen and oxygen atoms in total. The molecule has 0 aliphatic rings. The number of esters is 1. The van der Waals surface area contributed by atoms with E-state index in [9.17, 15) is 26.4 Å². The SMILES string of the molecule is COc1cc(CN(CC(=O)OC(C)(C)C)CC(F)(F)F)ccc1Cc1c(C)nc(N)nc1OS(=O)(=O)c1c(C(C)C)cc(C(C)C)cc1C(C)C. The molecule has 2 aromatic carbocycles. The minimum absolute atomic E-state index is 0.0466. The van der Waals surface area contributed by atoms with Crippen molar-refractivity contribution in [1.29, 1.82) is 0 Å². The first-order valence-electron chi connectivity index (χ1n) is 16.8. The Morgan fingerprint density at radius 3 is 2.02 bits per heavy atom. The molecule has 0 saturated carbocycles. The fourth-order valence-electron chi connectivity index (χ4n) is 5.65. The van der Waals surface area contributed by atoms with Gasteiger partial charge in [-0.15, -0.1) is 0 Å². The molecular weight excluding hydrogens is 685 g/mol. The van der Waals surface area contributed by atoms with Gasteiger partial charge in [-0.2, -0.15) is 26.6 Å². The Hall–Kier alpha value is -3.91. The van der Waals surface area contributed by atoms with E-state index in [1.165, 1.54) is 7.11 Å². The van der Waals surface area contributed by atoms with Gasteiger partial charge in [0.1, 0.15) is 16.2 Å². The van der Waals surface area contributed by atoms with Crippen molar-refractivity contribution in [1.82, 2.24) is 14.9 Å². The zero-order valence-corrected chi connectivity index (χ0v) is 32.2. The van der Waals surface area contributed by atoms with E-state index in [0.29, 0.717) is 39.3 Å². The Kier molecular flexibility index (Phi) is 13.2. The summed E-state index contributed by atoms with van der Waals surface area (Å²) in [6.07, 6.45) is -4.51. The fraction of sp³-hybridized carbons (Fsp3) is 0.541. The van der Waals surface area contributed by atoms with Crippen molar-refractivity contribution in [3.8, 4) is 11.6 Å². The van der Waals surface area contributed by atoms with E-state index in [1.54, 1.807) is 45.9 Å². The van der Waals surface area contributed by atoms with Gasteiger partial charge in [0.2, 0.25) is 11.8 Å². The number of aromatic nitrogens is 2. The number of hydrogen-bond acceptors (Lipinski definition) is 10. The van der Waals surface area contributed by atoms with E-state index in [1.807, 2.05) is 39.8 Å². The molecule has 0 aliphatic carbocycles. The maximum absolute atomic E-state index is 14.2. The normalized spacial score (nSPS) is 12.7. The number of hydrogen-bond donors (Lipinski definition) is 1. The van der Waals surface area contributed by atoms with Gasteiger partial charge in [0.05, 0.1) is 25.9 Å². The lowest BCUT2D eigenvalue weighted by Crippen LogP contribution is -2.39. The third-order valence-corrected chi connectivity index (χ3v) is 9.36. The largest absolute Gasteiger partial charge is 0.496 e. The molecule has 0 unspecified atom stereocenters. The number of benzene rings is 2. The van der Waals surface area contributed by atoms with E-state index in [4.69, 9.17) is 19.4 Å². The summed E-state index contributed by atoms with van der Waals surface area (Å²) in [6.45, 7) is 16.2. The zero-order chi connectivity index (χ0) is 38.6. The lowest BCUT2D eigenvalue weighted by Gasteiger charge is -2.26.